The quantitative estimate of drug-likeness (QED) is 0.173. The lowest BCUT2D eigenvalue weighted by Gasteiger charge is -2.30. The average molecular weight is 840 g/mol. The van der Waals surface area contributed by atoms with E-state index in [9.17, 15) is 45.4 Å². The van der Waals surface area contributed by atoms with E-state index in [1.54, 1.807) is 18.2 Å². The number of aromatic carboxylic acids is 1. The van der Waals surface area contributed by atoms with E-state index in [2.05, 4.69) is 29.1 Å². The number of carboxylic acids is 1. The lowest BCUT2D eigenvalue weighted by molar-refractivity contribution is -0.438. The largest absolute Gasteiger partial charge is 0.478 e. The summed E-state index contributed by atoms with van der Waals surface area (Å²) in [5, 5.41) is 15.5. The van der Waals surface area contributed by atoms with Crippen molar-refractivity contribution in [2.45, 2.75) is 101 Å². The third kappa shape index (κ3) is 10.7. The summed E-state index contributed by atoms with van der Waals surface area (Å²) in [6.07, 6.45) is 15.0. The Morgan fingerprint density at radius 2 is 1.50 bits per heavy atom. The number of hydrogen-bond donors (Lipinski definition) is 5. The molecule has 0 bridgehead atoms. The van der Waals surface area contributed by atoms with E-state index < -0.39 is 42.8 Å². The molecule has 0 saturated heterocycles. The molecule has 1 unspecified atom stereocenters. The van der Waals surface area contributed by atoms with Gasteiger partial charge >= 0.3 is 5.97 Å². The van der Waals surface area contributed by atoms with Crippen molar-refractivity contribution in [2.75, 3.05) is 36.8 Å². The molecular formula is C42H55N4O10S2+. The van der Waals surface area contributed by atoms with Crippen LogP contribution in [0, 0.1) is 0 Å². The summed E-state index contributed by atoms with van der Waals surface area (Å²) >= 11 is 0. The fourth-order valence-corrected chi connectivity index (χ4v) is 9.26. The third-order valence-electron chi connectivity index (χ3n) is 11.3. The summed E-state index contributed by atoms with van der Waals surface area (Å²) in [6.45, 7) is 7.55. The predicted molar refractivity (Wildman–Crippen MR) is 222 cm³/mol. The number of carbonyl (C=O) groups is 3. The number of carboxylic acid groups (broad SMARTS) is 1. The van der Waals surface area contributed by atoms with Gasteiger partial charge in [0.25, 0.3) is 20.2 Å². The topological polar surface area (TPSA) is 210 Å². The molecular weight excluding hydrogens is 785 g/mol. The summed E-state index contributed by atoms with van der Waals surface area (Å²) in [6, 6.07) is 9.53. The van der Waals surface area contributed by atoms with Gasteiger partial charge in [0.1, 0.15) is 6.54 Å². The minimum absolute atomic E-state index is 0.0775. The Bertz CT molecular complexity index is 2260. The van der Waals surface area contributed by atoms with Gasteiger partial charge in [-0.15, -0.1) is 0 Å². The number of nitrogens with one attached hydrogen (secondary N) is 2. The van der Waals surface area contributed by atoms with Crippen molar-refractivity contribution in [1.82, 2.24) is 10.6 Å². The molecule has 14 nitrogen and oxygen atoms in total. The van der Waals surface area contributed by atoms with Crippen molar-refractivity contribution in [3.05, 3.63) is 89.2 Å². The van der Waals surface area contributed by atoms with Gasteiger partial charge in [0.2, 0.25) is 17.5 Å². The van der Waals surface area contributed by atoms with Crippen molar-refractivity contribution in [1.29, 1.82) is 0 Å². The first-order valence-electron chi connectivity index (χ1n) is 19.8. The lowest BCUT2D eigenvalue weighted by atomic mass is 9.77. The number of allylic oxidation sites excluding steroid dienone is 6. The van der Waals surface area contributed by atoms with E-state index in [0.717, 1.165) is 35.5 Å². The Morgan fingerprint density at radius 1 is 0.828 bits per heavy atom. The molecule has 2 amide bonds. The zero-order valence-corrected chi connectivity index (χ0v) is 35.0. The zero-order chi connectivity index (χ0) is 42.3. The van der Waals surface area contributed by atoms with Crippen LogP contribution in [0.25, 0.3) is 0 Å². The molecule has 2 aromatic carbocycles. The summed E-state index contributed by atoms with van der Waals surface area (Å²) < 4.78 is 69.7. The summed E-state index contributed by atoms with van der Waals surface area (Å²) in [7, 11) is -8.80. The van der Waals surface area contributed by atoms with Crippen molar-refractivity contribution in [3.8, 4) is 0 Å². The van der Waals surface area contributed by atoms with Crippen molar-refractivity contribution >= 4 is 55.1 Å². The van der Waals surface area contributed by atoms with Gasteiger partial charge in [0.05, 0.1) is 21.6 Å². The van der Waals surface area contributed by atoms with Crippen molar-refractivity contribution < 1.29 is 50.0 Å². The summed E-state index contributed by atoms with van der Waals surface area (Å²) in [4.78, 5) is 38.6. The lowest BCUT2D eigenvalue weighted by Crippen LogP contribution is -2.34. The van der Waals surface area contributed by atoms with Crippen LogP contribution < -0.4 is 15.5 Å². The van der Waals surface area contributed by atoms with Gasteiger partial charge in [-0.3, -0.25) is 18.7 Å². The number of anilines is 1. The van der Waals surface area contributed by atoms with Crippen LogP contribution in [-0.2, 0) is 40.7 Å². The van der Waals surface area contributed by atoms with Gasteiger partial charge in [0, 0.05) is 73.4 Å². The molecule has 3 aliphatic rings. The molecule has 0 fully saturated rings. The first-order chi connectivity index (χ1) is 27.3. The zero-order valence-electron chi connectivity index (χ0n) is 33.4. The van der Waals surface area contributed by atoms with E-state index in [-0.39, 0.29) is 35.2 Å². The van der Waals surface area contributed by atoms with E-state index in [0.29, 0.717) is 75.8 Å². The second kappa shape index (κ2) is 18.5. The van der Waals surface area contributed by atoms with Crippen LogP contribution in [0.15, 0.2) is 77.4 Å². The minimum atomic E-state index is -4.55. The Morgan fingerprint density at radius 3 is 2.14 bits per heavy atom. The van der Waals surface area contributed by atoms with E-state index in [4.69, 9.17) is 0 Å². The van der Waals surface area contributed by atoms with Crippen LogP contribution in [0.1, 0.15) is 106 Å². The predicted octanol–water partition coefficient (Wildman–Crippen LogP) is 5.82. The number of carbonyl (C=O) groups excluding carboxylic acids is 2. The molecule has 3 heterocycles. The molecule has 0 radical (unpaired) electrons. The van der Waals surface area contributed by atoms with E-state index >= 15 is 0 Å². The standard InChI is InChI=1S/C42H54N4O10S2/c1-41(2)32-28-30(40(49)50)18-20-34(32)45-25-12-6-10-17-39(48)44-24-23-43-38(47)16-9-5-11-22-42(3)33-29-31(58(54,55)56)19-21-35(33)46(26-13-27-57(51,52)53)37(42)15-8-4-7-14-36(41)45/h4,7-8,14-15,18-21,28-29H,5-6,9-13,16-17,22-27H2,1-3H3,(H4-,43,44,47,48,49,50,51,52,53,54,55,56)/p+1. The maximum absolute atomic E-state index is 12.6. The molecule has 1 atom stereocenters. The van der Waals surface area contributed by atoms with Gasteiger partial charge in [0.15, 0.2) is 5.71 Å². The number of nitrogens with zero attached hydrogens (tertiary/aromatic N) is 2. The molecule has 5 rings (SSSR count). The van der Waals surface area contributed by atoms with Gasteiger partial charge in [-0.25, -0.2) is 4.79 Å². The molecule has 3 aliphatic heterocycles. The molecule has 0 spiro atoms. The molecule has 0 aromatic heterocycles. The number of hydrogen-bond acceptors (Lipinski definition) is 8. The second-order valence-electron chi connectivity index (χ2n) is 15.8. The van der Waals surface area contributed by atoms with Crippen LogP contribution in [0.5, 0.6) is 0 Å². The van der Waals surface area contributed by atoms with E-state index in [1.165, 1.54) is 12.1 Å². The van der Waals surface area contributed by atoms with Crippen LogP contribution in [0.3, 0.4) is 0 Å². The molecule has 16 heteroatoms. The fraction of sp³-hybridized carbons (Fsp3) is 0.476. The maximum atomic E-state index is 12.6. The van der Waals surface area contributed by atoms with Crippen molar-refractivity contribution in [2.24, 2.45) is 0 Å². The molecule has 314 valence electrons. The SMILES string of the molecule is CC1(C)C2=[N+](CCCCCC(=O)NCCNC(=O)CCCCCC3(C)/C(=C/C=C/C=C2)N(CCCS(=O)(=O)O)c2ccc(S(=O)(=O)O)cc23)c2ccc(C(=O)O)cc21. The number of amides is 2. The minimum Gasteiger partial charge on any atom is -0.478 e. The monoisotopic (exact) mass is 839 g/mol. The first-order valence-corrected chi connectivity index (χ1v) is 22.8. The van der Waals surface area contributed by atoms with Gasteiger partial charge in [-0.05, 0) is 94.8 Å². The van der Waals surface area contributed by atoms with Crippen LogP contribution in [0.2, 0.25) is 0 Å². The summed E-state index contributed by atoms with van der Waals surface area (Å²) in [5.74, 6) is -1.68. The fourth-order valence-electron chi connectivity index (χ4n) is 8.26. The molecule has 0 saturated carbocycles. The smallest absolute Gasteiger partial charge is 0.335 e. The average Bonchev–Trinajstić information content (AvgIpc) is 3.50. The second-order valence-corrected chi connectivity index (χ2v) is 18.8. The summed E-state index contributed by atoms with van der Waals surface area (Å²) in [5.41, 5.74) is 3.70. The number of rotatable bonds is 6. The normalized spacial score (nSPS) is 22.8. The Kier molecular flexibility index (Phi) is 14.2. The third-order valence-corrected chi connectivity index (χ3v) is 13.0. The first kappa shape index (κ1) is 44.5. The highest BCUT2D eigenvalue weighted by Gasteiger charge is 2.45. The maximum Gasteiger partial charge on any atom is 0.335 e. The van der Waals surface area contributed by atoms with Gasteiger partial charge in [-0.2, -0.15) is 21.4 Å². The number of fused-ring (bicyclic) bond motifs is 5. The Hall–Kier alpha value is -4.64. The molecule has 5 N–H and O–H groups in total. The van der Waals surface area contributed by atoms with Crippen LogP contribution in [0.4, 0.5) is 11.4 Å². The van der Waals surface area contributed by atoms with Gasteiger partial charge < -0.3 is 20.6 Å². The highest BCUT2D eigenvalue weighted by molar-refractivity contribution is 7.86. The molecule has 0 aliphatic carbocycles. The van der Waals surface area contributed by atoms with E-state index in [1.807, 2.05) is 48.3 Å². The molecule has 58 heavy (non-hydrogen) atoms. The van der Waals surface area contributed by atoms with Crippen molar-refractivity contribution in [3.63, 3.8) is 0 Å². The Labute approximate surface area is 341 Å². The Balaban J connectivity index is 1.54. The number of benzene rings is 2. The molecule has 2 aromatic rings. The highest BCUT2D eigenvalue weighted by Crippen LogP contribution is 2.51. The van der Waals surface area contributed by atoms with Crippen LogP contribution >= 0.6 is 0 Å². The highest BCUT2D eigenvalue weighted by atomic mass is 32.2. The van der Waals surface area contributed by atoms with Gasteiger partial charge in [-0.1, -0.05) is 31.1 Å². The van der Waals surface area contributed by atoms with Crippen LogP contribution in [-0.4, -0.2) is 91.1 Å².